The number of benzene rings is 2. The molecule has 1 atom stereocenters. The number of nitrogens with one attached hydrogen (secondary N) is 1. The normalized spacial score (nSPS) is 12.2. The van der Waals surface area contributed by atoms with E-state index in [0.29, 0.717) is 18.3 Å². The fourth-order valence-electron chi connectivity index (χ4n) is 4.12. The summed E-state index contributed by atoms with van der Waals surface area (Å²) in [5.74, 6) is 2.06. The Morgan fingerprint density at radius 1 is 1.00 bits per heavy atom. The summed E-state index contributed by atoms with van der Waals surface area (Å²) < 4.78 is 24.3. The molecule has 2 heterocycles. The highest BCUT2D eigenvalue weighted by molar-refractivity contribution is 7.90. The first-order valence-electron chi connectivity index (χ1n) is 12.3. The van der Waals surface area contributed by atoms with Crippen molar-refractivity contribution in [3.05, 3.63) is 61.1 Å². The number of aryl methyl sites for hydroxylation is 1. The summed E-state index contributed by atoms with van der Waals surface area (Å²) >= 11 is -0.851. The first-order valence-corrected chi connectivity index (χ1v) is 14.1. The summed E-state index contributed by atoms with van der Waals surface area (Å²) in [5.41, 5.74) is 4.93. The third-order valence-corrected chi connectivity index (χ3v) is 6.84. The molecule has 0 radical (unpaired) electrons. The van der Waals surface area contributed by atoms with Crippen LogP contribution in [0.4, 0.5) is 11.4 Å². The van der Waals surface area contributed by atoms with E-state index in [-0.39, 0.29) is 0 Å². The molecule has 2 aromatic heterocycles. The second kappa shape index (κ2) is 12.3. The van der Waals surface area contributed by atoms with Gasteiger partial charge in [0.15, 0.2) is 0 Å². The van der Waals surface area contributed by atoms with Gasteiger partial charge in [0.2, 0.25) is 0 Å². The van der Waals surface area contributed by atoms with Crippen LogP contribution in [0.2, 0.25) is 0 Å². The second-order valence-corrected chi connectivity index (χ2v) is 10.8. The van der Waals surface area contributed by atoms with E-state index in [9.17, 15) is 4.55 Å². The van der Waals surface area contributed by atoms with Crippen LogP contribution in [0.5, 0.6) is 11.5 Å². The van der Waals surface area contributed by atoms with Gasteiger partial charge >= 0.3 is 0 Å². The zero-order valence-electron chi connectivity index (χ0n) is 22.1. The molecule has 1 unspecified atom stereocenters. The zero-order valence-corrected chi connectivity index (χ0v) is 22.9. The summed E-state index contributed by atoms with van der Waals surface area (Å²) in [7, 11) is 3.33. The van der Waals surface area contributed by atoms with Crippen molar-refractivity contribution in [1.29, 1.82) is 0 Å². The molecule has 1 N–H and O–H groups in total. The van der Waals surface area contributed by atoms with E-state index in [4.69, 9.17) is 14.5 Å². The molecule has 0 amide bonds. The predicted molar refractivity (Wildman–Crippen MR) is 152 cm³/mol. The molecule has 9 heteroatoms. The molecule has 0 aliphatic rings. The average molecular weight is 522 g/mol. The SMILES string of the molecule is COc1cc(OC)cc(N(CCNC(C)C)c2ccc3ncc(-c4cnn(CC[S+](C)[O-])c4)cc3c2)c1. The van der Waals surface area contributed by atoms with Crippen molar-refractivity contribution < 1.29 is 14.0 Å². The van der Waals surface area contributed by atoms with Crippen LogP contribution >= 0.6 is 0 Å². The maximum absolute atomic E-state index is 11.4. The van der Waals surface area contributed by atoms with Crippen molar-refractivity contribution in [3.63, 3.8) is 0 Å². The molecule has 4 rings (SSSR count). The van der Waals surface area contributed by atoms with Crippen LogP contribution in [-0.4, -0.2) is 64.7 Å². The van der Waals surface area contributed by atoms with Crippen molar-refractivity contribution in [2.45, 2.75) is 26.4 Å². The van der Waals surface area contributed by atoms with E-state index < -0.39 is 11.2 Å². The number of methoxy groups -OCH3 is 2. The number of fused-ring (bicyclic) bond motifs is 1. The van der Waals surface area contributed by atoms with Crippen LogP contribution in [0.25, 0.3) is 22.0 Å². The Bertz CT molecular complexity index is 1300. The summed E-state index contributed by atoms with van der Waals surface area (Å²) in [5, 5.41) is 8.98. The van der Waals surface area contributed by atoms with Gasteiger partial charge in [-0.25, -0.2) is 0 Å². The van der Waals surface area contributed by atoms with Gasteiger partial charge in [-0.1, -0.05) is 25.0 Å². The van der Waals surface area contributed by atoms with E-state index in [1.54, 1.807) is 20.5 Å². The van der Waals surface area contributed by atoms with Crippen LogP contribution in [0.1, 0.15) is 13.8 Å². The molecule has 0 spiro atoms. The van der Waals surface area contributed by atoms with Crippen molar-refractivity contribution in [1.82, 2.24) is 20.1 Å². The molecule has 37 heavy (non-hydrogen) atoms. The number of aromatic nitrogens is 3. The molecule has 0 fully saturated rings. The zero-order chi connectivity index (χ0) is 26.4. The molecule has 4 aromatic rings. The third-order valence-electron chi connectivity index (χ3n) is 6.09. The fourth-order valence-corrected chi connectivity index (χ4v) is 4.57. The smallest absolute Gasteiger partial charge is 0.124 e. The topological polar surface area (TPSA) is 87.5 Å². The van der Waals surface area contributed by atoms with Gasteiger partial charge in [0.1, 0.15) is 17.3 Å². The van der Waals surface area contributed by atoms with Gasteiger partial charge < -0.3 is 24.2 Å². The van der Waals surface area contributed by atoms with Gasteiger partial charge in [-0.05, 0) is 24.3 Å². The summed E-state index contributed by atoms with van der Waals surface area (Å²) in [6.07, 6.45) is 7.39. The predicted octanol–water partition coefficient (Wildman–Crippen LogP) is 4.63. The number of hydrogen-bond acceptors (Lipinski definition) is 7. The molecule has 0 saturated carbocycles. The Morgan fingerprint density at radius 2 is 1.76 bits per heavy atom. The lowest BCUT2D eigenvalue weighted by Crippen LogP contribution is -2.32. The van der Waals surface area contributed by atoms with Gasteiger partial charge in [-0.3, -0.25) is 9.67 Å². The highest BCUT2D eigenvalue weighted by Gasteiger charge is 2.14. The number of ether oxygens (including phenoxy) is 2. The van der Waals surface area contributed by atoms with Gasteiger partial charge in [-0.15, -0.1) is 0 Å². The van der Waals surface area contributed by atoms with Crippen LogP contribution in [-0.2, 0) is 17.7 Å². The van der Waals surface area contributed by atoms with Gasteiger partial charge in [0, 0.05) is 77.6 Å². The lowest BCUT2D eigenvalue weighted by molar-refractivity contribution is 0.394. The van der Waals surface area contributed by atoms with Crippen molar-refractivity contribution in [2.24, 2.45) is 0 Å². The number of pyridine rings is 1. The van der Waals surface area contributed by atoms with Crippen LogP contribution in [0.15, 0.2) is 61.1 Å². The van der Waals surface area contributed by atoms with Crippen molar-refractivity contribution >= 4 is 33.5 Å². The Labute approximate surface area is 221 Å². The molecule has 0 aliphatic carbocycles. The Morgan fingerprint density at radius 3 is 2.43 bits per heavy atom. The lowest BCUT2D eigenvalue weighted by Gasteiger charge is -2.27. The van der Waals surface area contributed by atoms with Crippen LogP contribution in [0.3, 0.4) is 0 Å². The molecule has 196 valence electrons. The maximum atomic E-state index is 11.4. The molecule has 2 aromatic carbocycles. The second-order valence-electron chi connectivity index (χ2n) is 9.20. The first-order chi connectivity index (χ1) is 17.9. The van der Waals surface area contributed by atoms with Gasteiger partial charge in [0.25, 0.3) is 0 Å². The Hall–Kier alpha value is -3.27. The van der Waals surface area contributed by atoms with Crippen LogP contribution in [0, 0.1) is 0 Å². The van der Waals surface area contributed by atoms with Gasteiger partial charge in [-0.2, -0.15) is 5.10 Å². The Balaban J connectivity index is 1.69. The van der Waals surface area contributed by atoms with E-state index >= 15 is 0 Å². The summed E-state index contributed by atoms with van der Waals surface area (Å²) in [4.78, 5) is 6.96. The molecule has 0 saturated heterocycles. The monoisotopic (exact) mass is 521 g/mol. The Kier molecular flexibility index (Phi) is 8.91. The van der Waals surface area contributed by atoms with Gasteiger partial charge in [0.05, 0.1) is 38.7 Å². The van der Waals surface area contributed by atoms with Crippen molar-refractivity contribution in [3.8, 4) is 22.6 Å². The first kappa shape index (κ1) is 26.8. The van der Waals surface area contributed by atoms with Crippen molar-refractivity contribution in [2.75, 3.05) is 44.2 Å². The highest BCUT2D eigenvalue weighted by Crippen LogP contribution is 2.34. The summed E-state index contributed by atoms with van der Waals surface area (Å²) in [6, 6.07) is 14.8. The van der Waals surface area contributed by atoms with Crippen LogP contribution < -0.4 is 19.7 Å². The number of anilines is 2. The molecule has 0 aliphatic heterocycles. The molecule has 0 bridgehead atoms. The number of nitrogens with zero attached hydrogens (tertiary/aromatic N) is 4. The van der Waals surface area contributed by atoms with E-state index in [1.807, 2.05) is 41.5 Å². The lowest BCUT2D eigenvalue weighted by atomic mass is 10.1. The van der Waals surface area contributed by atoms with E-state index in [0.717, 1.165) is 58.0 Å². The van der Waals surface area contributed by atoms with E-state index in [2.05, 4.69) is 53.4 Å². The quantitative estimate of drug-likeness (QED) is 0.272. The number of hydrogen-bond donors (Lipinski definition) is 1. The molecule has 8 nitrogen and oxygen atoms in total. The molecular formula is C28H35N5O3S. The van der Waals surface area contributed by atoms with E-state index in [1.165, 1.54) is 0 Å². The minimum absolute atomic E-state index is 0.392. The fraction of sp³-hybridized carbons (Fsp3) is 0.357. The molecular weight excluding hydrogens is 486 g/mol. The third kappa shape index (κ3) is 6.94. The minimum Gasteiger partial charge on any atom is -0.617 e. The minimum atomic E-state index is -0.851. The number of rotatable bonds is 12. The largest absolute Gasteiger partial charge is 0.617 e. The highest BCUT2D eigenvalue weighted by atomic mass is 32.2. The summed E-state index contributed by atoms with van der Waals surface area (Å²) in [6.45, 7) is 6.49. The average Bonchev–Trinajstić information content (AvgIpc) is 3.38. The maximum Gasteiger partial charge on any atom is 0.124 e. The standard InChI is InChI=1S/C28H35N5O3S/c1-20(2)29-8-9-33(25-14-26(35-3)16-27(15-25)36-4)24-6-7-28-21(13-24)12-22(17-30-28)23-18-31-32(19-23)10-11-37(5)34/h6-7,12-20,29H,8-11H2,1-5H3.